The molecule has 0 radical (unpaired) electrons. The zero-order valence-corrected chi connectivity index (χ0v) is 8.94. The summed E-state index contributed by atoms with van der Waals surface area (Å²) in [5, 5.41) is 2.75. The first-order chi connectivity index (χ1) is 7.29. The zero-order chi connectivity index (χ0) is 11.1. The Balaban J connectivity index is 2.71. The summed E-state index contributed by atoms with van der Waals surface area (Å²) in [5.74, 6) is 0. The van der Waals surface area contributed by atoms with E-state index in [1.54, 1.807) is 11.0 Å². The number of hydrogen-bond acceptors (Lipinski definition) is 1. The van der Waals surface area contributed by atoms with Crippen LogP contribution in [0.1, 0.15) is 6.92 Å². The van der Waals surface area contributed by atoms with Crippen molar-refractivity contribution >= 4 is 11.7 Å². The number of hydrogen-bond donors (Lipinski definition) is 1. The second-order valence-electron chi connectivity index (χ2n) is 3.05. The fourth-order valence-electron chi connectivity index (χ4n) is 1.31. The summed E-state index contributed by atoms with van der Waals surface area (Å²) in [4.78, 5) is 13.4. The van der Waals surface area contributed by atoms with Crippen molar-refractivity contribution in [2.24, 2.45) is 0 Å². The smallest absolute Gasteiger partial charge is 0.322 e. The number of para-hydroxylation sites is 1. The first-order valence-electron chi connectivity index (χ1n) is 5.01. The lowest BCUT2D eigenvalue weighted by Gasteiger charge is -2.20. The molecule has 1 aromatic rings. The van der Waals surface area contributed by atoms with Crippen LogP contribution in [0, 0.1) is 0 Å². The van der Waals surface area contributed by atoms with E-state index in [9.17, 15) is 4.79 Å². The van der Waals surface area contributed by atoms with Crippen molar-refractivity contribution in [3.05, 3.63) is 43.0 Å². The Morgan fingerprint density at radius 1 is 1.47 bits per heavy atom. The predicted molar refractivity (Wildman–Crippen MR) is 63.1 cm³/mol. The van der Waals surface area contributed by atoms with E-state index in [1.165, 1.54) is 0 Å². The highest BCUT2D eigenvalue weighted by atomic mass is 16.2. The molecule has 15 heavy (non-hydrogen) atoms. The molecule has 0 aromatic heterocycles. The molecule has 0 bridgehead atoms. The van der Waals surface area contributed by atoms with Gasteiger partial charge in [0.25, 0.3) is 0 Å². The van der Waals surface area contributed by atoms with Crippen LogP contribution in [0.15, 0.2) is 43.0 Å². The Morgan fingerprint density at radius 2 is 2.13 bits per heavy atom. The third-order valence-corrected chi connectivity index (χ3v) is 2.03. The van der Waals surface area contributed by atoms with E-state index in [4.69, 9.17) is 0 Å². The highest BCUT2D eigenvalue weighted by Crippen LogP contribution is 2.12. The van der Waals surface area contributed by atoms with Gasteiger partial charge in [-0.1, -0.05) is 24.3 Å². The molecule has 0 aliphatic heterocycles. The Labute approximate surface area is 90.4 Å². The standard InChI is InChI=1S/C12H16N2O/c1-3-10-13-12(15)14(4-2)11-8-6-5-7-9-11/h3,5-9H,1,4,10H2,2H3,(H,13,15). The molecular weight excluding hydrogens is 188 g/mol. The van der Waals surface area contributed by atoms with E-state index >= 15 is 0 Å². The summed E-state index contributed by atoms with van der Waals surface area (Å²) in [7, 11) is 0. The van der Waals surface area contributed by atoms with Gasteiger partial charge in [-0.2, -0.15) is 0 Å². The van der Waals surface area contributed by atoms with Gasteiger partial charge in [0.1, 0.15) is 0 Å². The van der Waals surface area contributed by atoms with Crippen LogP contribution in [0.25, 0.3) is 0 Å². The number of urea groups is 1. The largest absolute Gasteiger partial charge is 0.334 e. The van der Waals surface area contributed by atoms with E-state index in [1.807, 2.05) is 37.3 Å². The van der Waals surface area contributed by atoms with Gasteiger partial charge in [-0.15, -0.1) is 6.58 Å². The molecule has 2 amide bonds. The molecule has 80 valence electrons. The highest BCUT2D eigenvalue weighted by Gasteiger charge is 2.11. The number of amides is 2. The number of carbonyl (C=O) groups excluding carboxylic acids is 1. The molecule has 0 unspecified atom stereocenters. The van der Waals surface area contributed by atoms with Gasteiger partial charge in [-0.25, -0.2) is 4.79 Å². The van der Waals surface area contributed by atoms with Gasteiger partial charge in [0.15, 0.2) is 0 Å². The fraction of sp³-hybridized carbons (Fsp3) is 0.250. The monoisotopic (exact) mass is 204 g/mol. The Kier molecular flexibility index (Phi) is 4.41. The topological polar surface area (TPSA) is 32.3 Å². The van der Waals surface area contributed by atoms with Gasteiger partial charge in [0.05, 0.1) is 0 Å². The van der Waals surface area contributed by atoms with Crippen LogP contribution >= 0.6 is 0 Å². The van der Waals surface area contributed by atoms with Crippen molar-refractivity contribution in [1.29, 1.82) is 0 Å². The molecule has 3 nitrogen and oxygen atoms in total. The molecule has 1 N–H and O–H groups in total. The maximum Gasteiger partial charge on any atom is 0.322 e. The SMILES string of the molecule is C=CCNC(=O)N(CC)c1ccccc1. The molecule has 1 rings (SSSR count). The van der Waals surface area contributed by atoms with Crippen LogP contribution in [0.2, 0.25) is 0 Å². The van der Waals surface area contributed by atoms with Crippen LogP contribution < -0.4 is 10.2 Å². The predicted octanol–water partition coefficient (Wildman–Crippen LogP) is 2.41. The molecule has 0 spiro atoms. The summed E-state index contributed by atoms with van der Waals surface area (Å²) in [5.41, 5.74) is 0.904. The number of rotatable bonds is 4. The summed E-state index contributed by atoms with van der Waals surface area (Å²) < 4.78 is 0. The lowest BCUT2D eigenvalue weighted by atomic mass is 10.3. The van der Waals surface area contributed by atoms with Gasteiger partial charge >= 0.3 is 6.03 Å². The first-order valence-corrected chi connectivity index (χ1v) is 5.01. The average molecular weight is 204 g/mol. The second-order valence-corrected chi connectivity index (χ2v) is 3.05. The van der Waals surface area contributed by atoms with Crippen molar-refractivity contribution in [3.63, 3.8) is 0 Å². The number of benzene rings is 1. The number of anilines is 1. The molecule has 0 saturated heterocycles. The summed E-state index contributed by atoms with van der Waals surface area (Å²) in [6, 6.07) is 9.49. The van der Waals surface area contributed by atoms with Gasteiger partial charge in [0, 0.05) is 18.8 Å². The molecule has 0 atom stereocenters. The Hall–Kier alpha value is -1.77. The molecule has 0 heterocycles. The van der Waals surface area contributed by atoms with Gasteiger partial charge in [0.2, 0.25) is 0 Å². The third-order valence-electron chi connectivity index (χ3n) is 2.03. The van der Waals surface area contributed by atoms with Crippen molar-refractivity contribution < 1.29 is 4.79 Å². The molecule has 0 aliphatic rings. The summed E-state index contributed by atoms with van der Waals surface area (Å²) >= 11 is 0. The van der Waals surface area contributed by atoms with Crippen LogP contribution in [0.5, 0.6) is 0 Å². The van der Waals surface area contributed by atoms with Crippen LogP contribution in [0.4, 0.5) is 10.5 Å². The van der Waals surface area contributed by atoms with Crippen molar-refractivity contribution in [3.8, 4) is 0 Å². The Bertz CT molecular complexity index is 322. The number of nitrogens with one attached hydrogen (secondary N) is 1. The fourth-order valence-corrected chi connectivity index (χ4v) is 1.31. The zero-order valence-electron chi connectivity index (χ0n) is 8.94. The minimum absolute atomic E-state index is 0.0939. The molecule has 0 aliphatic carbocycles. The average Bonchev–Trinajstić information content (AvgIpc) is 2.29. The summed E-state index contributed by atoms with van der Waals surface area (Å²) in [6.07, 6.45) is 1.66. The molecule has 0 fully saturated rings. The van der Waals surface area contributed by atoms with E-state index in [2.05, 4.69) is 11.9 Å². The van der Waals surface area contributed by atoms with E-state index < -0.39 is 0 Å². The summed E-state index contributed by atoms with van der Waals surface area (Å²) in [6.45, 7) is 6.64. The van der Waals surface area contributed by atoms with Crippen LogP contribution in [-0.2, 0) is 0 Å². The maximum absolute atomic E-state index is 11.7. The second kappa shape index (κ2) is 5.86. The maximum atomic E-state index is 11.7. The minimum Gasteiger partial charge on any atom is -0.334 e. The van der Waals surface area contributed by atoms with Crippen molar-refractivity contribution in [2.45, 2.75) is 6.92 Å². The van der Waals surface area contributed by atoms with Gasteiger partial charge < -0.3 is 5.32 Å². The third kappa shape index (κ3) is 3.13. The van der Waals surface area contributed by atoms with E-state index in [0.717, 1.165) is 5.69 Å². The molecule has 1 aromatic carbocycles. The van der Waals surface area contributed by atoms with Crippen LogP contribution in [-0.4, -0.2) is 19.1 Å². The Morgan fingerprint density at radius 3 is 2.67 bits per heavy atom. The van der Waals surface area contributed by atoms with Gasteiger partial charge in [-0.05, 0) is 19.1 Å². The minimum atomic E-state index is -0.0939. The lowest BCUT2D eigenvalue weighted by molar-refractivity contribution is 0.247. The number of carbonyl (C=O) groups is 1. The normalized spacial score (nSPS) is 9.40. The van der Waals surface area contributed by atoms with Crippen molar-refractivity contribution in [1.82, 2.24) is 5.32 Å². The van der Waals surface area contributed by atoms with Crippen molar-refractivity contribution in [2.75, 3.05) is 18.0 Å². The first kappa shape index (κ1) is 11.3. The van der Waals surface area contributed by atoms with Crippen LogP contribution in [0.3, 0.4) is 0 Å². The lowest BCUT2D eigenvalue weighted by Crippen LogP contribution is -2.39. The number of nitrogens with zero attached hydrogens (tertiary/aromatic N) is 1. The van der Waals surface area contributed by atoms with E-state index in [-0.39, 0.29) is 6.03 Å². The van der Waals surface area contributed by atoms with E-state index in [0.29, 0.717) is 13.1 Å². The quantitative estimate of drug-likeness (QED) is 0.750. The molecule has 0 saturated carbocycles. The van der Waals surface area contributed by atoms with Gasteiger partial charge in [-0.3, -0.25) is 4.90 Å². The highest BCUT2D eigenvalue weighted by molar-refractivity contribution is 5.91. The molecule has 3 heteroatoms. The molecular formula is C12H16N2O.